The summed E-state index contributed by atoms with van der Waals surface area (Å²) in [6.45, 7) is 4.56. The number of thiophene rings is 1. The van der Waals surface area contributed by atoms with Crippen molar-refractivity contribution < 1.29 is 0 Å². The van der Waals surface area contributed by atoms with E-state index >= 15 is 0 Å². The first-order valence-electron chi connectivity index (χ1n) is 7.13. The van der Waals surface area contributed by atoms with Crippen LogP contribution in [0.3, 0.4) is 0 Å². The van der Waals surface area contributed by atoms with Crippen LogP contribution in [0, 0.1) is 5.92 Å². The monoisotopic (exact) mass is 292 g/mol. The molecule has 0 radical (unpaired) electrons. The van der Waals surface area contributed by atoms with Gasteiger partial charge in [-0.2, -0.15) is 0 Å². The maximum absolute atomic E-state index is 4.54. The summed E-state index contributed by atoms with van der Waals surface area (Å²) in [6, 6.07) is 0. The number of hydrogen-bond acceptors (Lipinski definition) is 4. The summed E-state index contributed by atoms with van der Waals surface area (Å²) in [5, 5.41) is 2.58. The fraction of sp³-hybridized carbons (Fsp3) is 0.600. The van der Waals surface area contributed by atoms with E-state index in [9.17, 15) is 0 Å². The second-order valence-electron chi connectivity index (χ2n) is 5.60. The van der Waals surface area contributed by atoms with Gasteiger partial charge in [-0.25, -0.2) is 9.97 Å². The predicted molar refractivity (Wildman–Crippen MR) is 84.2 cm³/mol. The fourth-order valence-corrected chi connectivity index (χ4v) is 5.12. The molecule has 2 nitrogen and oxygen atoms in total. The van der Waals surface area contributed by atoms with Gasteiger partial charge in [0.15, 0.2) is 0 Å². The Morgan fingerprint density at radius 2 is 2.11 bits per heavy atom. The standard InChI is InChI=1S/C15H20N2S2/c1-10(2)7-8-18-14-13-11-5-3-4-6-12(11)19-15(13)17-9-16-14/h9-10H,3-8H2,1-2H3. The van der Waals surface area contributed by atoms with Crippen molar-refractivity contribution in [2.45, 2.75) is 51.0 Å². The molecule has 0 aromatic carbocycles. The first kappa shape index (κ1) is 13.4. The molecule has 0 unspecified atom stereocenters. The van der Waals surface area contributed by atoms with E-state index in [0.717, 1.165) is 11.7 Å². The maximum Gasteiger partial charge on any atom is 0.128 e. The van der Waals surface area contributed by atoms with Crippen molar-refractivity contribution >= 4 is 33.3 Å². The lowest BCUT2D eigenvalue weighted by atomic mass is 9.97. The lowest BCUT2D eigenvalue weighted by molar-refractivity contribution is 0.632. The van der Waals surface area contributed by atoms with Crippen molar-refractivity contribution in [3.05, 3.63) is 16.8 Å². The van der Waals surface area contributed by atoms with E-state index < -0.39 is 0 Å². The molecule has 4 heteroatoms. The van der Waals surface area contributed by atoms with Crippen LogP contribution in [0.25, 0.3) is 10.2 Å². The molecule has 0 bridgehead atoms. The summed E-state index contributed by atoms with van der Waals surface area (Å²) in [5.41, 5.74) is 1.55. The Morgan fingerprint density at radius 1 is 1.26 bits per heavy atom. The van der Waals surface area contributed by atoms with Gasteiger partial charge in [0, 0.05) is 10.3 Å². The van der Waals surface area contributed by atoms with Gasteiger partial charge in [-0.1, -0.05) is 13.8 Å². The lowest BCUT2D eigenvalue weighted by Crippen LogP contribution is -1.99. The normalized spacial score (nSPS) is 15.1. The third-order valence-electron chi connectivity index (χ3n) is 3.65. The third-order valence-corrected chi connectivity index (χ3v) is 5.87. The van der Waals surface area contributed by atoms with E-state index in [0.29, 0.717) is 0 Å². The highest BCUT2D eigenvalue weighted by Gasteiger charge is 2.19. The molecular weight excluding hydrogens is 272 g/mol. The van der Waals surface area contributed by atoms with Gasteiger partial charge in [0.1, 0.15) is 16.2 Å². The zero-order valence-corrected chi connectivity index (χ0v) is 13.2. The number of fused-ring (bicyclic) bond motifs is 3. The Morgan fingerprint density at radius 3 is 2.95 bits per heavy atom. The first-order chi connectivity index (χ1) is 9.25. The van der Waals surface area contributed by atoms with Crippen LogP contribution in [0.15, 0.2) is 11.4 Å². The number of hydrogen-bond donors (Lipinski definition) is 0. The van der Waals surface area contributed by atoms with Crippen LogP contribution in [0.1, 0.15) is 43.6 Å². The van der Waals surface area contributed by atoms with Crippen molar-refractivity contribution in [3.63, 3.8) is 0 Å². The van der Waals surface area contributed by atoms with Gasteiger partial charge < -0.3 is 0 Å². The molecule has 2 aromatic rings. The van der Waals surface area contributed by atoms with Gasteiger partial charge in [-0.15, -0.1) is 23.1 Å². The molecule has 2 aromatic heterocycles. The molecule has 2 heterocycles. The maximum atomic E-state index is 4.54. The average Bonchev–Trinajstić information content (AvgIpc) is 2.77. The van der Waals surface area contributed by atoms with Crippen LogP contribution in [0.4, 0.5) is 0 Å². The molecule has 0 spiro atoms. The van der Waals surface area contributed by atoms with Crippen molar-refractivity contribution in [1.29, 1.82) is 0 Å². The summed E-state index contributed by atoms with van der Waals surface area (Å²) in [6.07, 6.45) is 8.12. The fourth-order valence-electron chi connectivity index (χ4n) is 2.56. The second-order valence-corrected chi connectivity index (χ2v) is 7.77. The Bertz CT molecular complexity index is 575. The number of aromatic nitrogens is 2. The molecule has 1 aliphatic rings. The third kappa shape index (κ3) is 2.79. The van der Waals surface area contributed by atoms with Crippen molar-refractivity contribution in [2.75, 3.05) is 5.75 Å². The quantitative estimate of drug-likeness (QED) is 0.603. The van der Waals surface area contributed by atoms with E-state index in [2.05, 4.69) is 23.8 Å². The van der Waals surface area contributed by atoms with Crippen LogP contribution in [-0.4, -0.2) is 15.7 Å². The smallest absolute Gasteiger partial charge is 0.128 e. The molecule has 0 saturated carbocycles. The molecule has 102 valence electrons. The van der Waals surface area contributed by atoms with Gasteiger partial charge >= 0.3 is 0 Å². The molecule has 19 heavy (non-hydrogen) atoms. The topological polar surface area (TPSA) is 25.8 Å². The largest absolute Gasteiger partial charge is 0.229 e. The van der Waals surface area contributed by atoms with Crippen molar-refractivity contribution in [3.8, 4) is 0 Å². The van der Waals surface area contributed by atoms with Crippen molar-refractivity contribution in [2.24, 2.45) is 5.92 Å². The predicted octanol–water partition coefficient (Wildman–Crippen LogP) is 4.71. The molecule has 0 amide bonds. The van der Waals surface area contributed by atoms with E-state index in [1.54, 1.807) is 16.8 Å². The number of thioether (sulfide) groups is 1. The zero-order valence-electron chi connectivity index (χ0n) is 11.6. The van der Waals surface area contributed by atoms with E-state index in [1.165, 1.54) is 47.3 Å². The first-order valence-corrected chi connectivity index (χ1v) is 8.94. The number of nitrogens with zero attached hydrogens (tertiary/aromatic N) is 2. The summed E-state index contributed by atoms with van der Waals surface area (Å²) in [7, 11) is 0. The van der Waals surface area contributed by atoms with Crippen LogP contribution < -0.4 is 0 Å². The Hall–Kier alpha value is -0.610. The average molecular weight is 292 g/mol. The highest BCUT2D eigenvalue weighted by atomic mass is 32.2. The van der Waals surface area contributed by atoms with Gasteiger partial charge in [0.05, 0.1) is 0 Å². The molecule has 0 fully saturated rings. The van der Waals surface area contributed by atoms with E-state index in [4.69, 9.17) is 0 Å². The van der Waals surface area contributed by atoms with Crippen LogP contribution in [0.5, 0.6) is 0 Å². The summed E-state index contributed by atoms with van der Waals surface area (Å²) in [4.78, 5) is 11.8. The van der Waals surface area contributed by atoms with Crippen LogP contribution >= 0.6 is 23.1 Å². The molecule has 0 atom stereocenters. The molecule has 3 rings (SSSR count). The highest BCUT2D eigenvalue weighted by Crippen LogP contribution is 2.39. The second kappa shape index (κ2) is 5.80. The number of rotatable bonds is 4. The molecule has 1 aliphatic carbocycles. The minimum atomic E-state index is 0.765. The zero-order chi connectivity index (χ0) is 13.2. The summed E-state index contributed by atoms with van der Waals surface area (Å²) in [5.74, 6) is 1.93. The molecular formula is C15H20N2S2. The molecule has 0 aliphatic heterocycles. The van der Waals surface area contributed by atoms with Gasteiger partial charge in [-0.05, 0) is 49.3 Å². The minimum Gasteiger partial charge on any atom is -0.229 e. The van der Waals surface area contributed by atoms with Crippen LogP contribution in [-0.2, 0) is 12.8 Å². The molecule has 0 N–H and O–H groups in total. The van der Waals surface area contributed by atoms with E-state index in [1.807, 2.05) is 23.1 Å². The van der Waals surface area contributed by atoms with Gasteiger partial charge in [-0.3, -0.25) is 0 Å². The van der Waals surface area contributed by atoms with Gasteiger partial charge in [0.25, 0.3) is 0 Å². The SMILES string of the molecule is CC(C)CCSc1ncnc2sc3c(c12)CCCC3. The van der Waals surface area contributed by atoms with Crippen molar-refractivity contribution in [1.82, 2.24) is 9.97 Å². The van der Waals surface area contributed by atoms with Crippen LogP contribution in [0.2, 0.25) is 0 Å². The minimum absolute atomic E-state index is 0.765. The number of aryl methyl sites for hydroxylation is 2. The Labute approximate surface area is 123 Å². The lowest BCUT2D eigenvalue weighted by Gasteiger charge is -2.11. The summed E-state index contributed by atoms with van der Waals surface area (Å²) >= 11 is 3.80. The van der Waals surface area contributed by atoms with Gasteiger partial charge in [0.2, 0.25) is 0 Å². The molecule has 0 saturated heterocycles. The highest BCUT2D eigenvalue weighted by molar-refractivity contribution is 7.99. The summed E-state index contributed by atoms with van der Waals surface area (Å²) < 4.78 is 0. The Balaban J connectivity index is 1.93. The van der Waals surface area contributed by atoms with E-state index in [-0.39, 0.29) is 0 Å². The Kier molecular flexibility index (Phi) is 4.08.